The zero-order valence-electron chi connectivity index (χ0n) is 19.6. The molecule has 0 unspecified atom stereocenters. The highest BCUT2D eigenvalue weighted by Gasteiger charge is 2.68. The third-order valence-electron chi connectivity index (χ3n) is 8.42. The number of nitrogens with zero attached hydrogens (tertiary/aromatic N) is 2. The maximum Gasteiger partial charge on any atom is 0.250 e. The number of alkyl halides is 2. The van der Waals surface area contributed by atoms with Gasteiger partial charge in [-0.15, -0.1) is 12.4 Å². The highest BCUT2D eigenvalue weighted by atomic mass is 35.5. The van der Waals surface area contributed by atoms with Gasteiger partial charge in [0.2, 0.25) is 10.0 Å². The van der Waals surface area contributed by atoms with E-state index in [2.05, 4.69) is 21.4 Å². The maximum absolute atomic E-state index is 14.9. The lowest BCUT2D eigenvalue weighted by atomic mass is 9.86. The first-order valence-corrected chi connectivity index (χ1v) is 13.8. The molecule has 34 heavy (non-hydrogen) atoms. The number of nitrogens with one attached hydrogen (secondary N) is 1. The van der Waals surface area contributed by atoms with Crippen LogP contribution in [0.5, 0.6) is 0 Å². The first kappa shape index (κ1) is 26.0. The van der Waals surface area contributed by atoms with Gasteiger partial charge in [-0.3, -0.25) is 4.72 Å². The Kier molecular flexibility index (Phi) is 7.24. The van der Waals surface area contributed by atoms with Gasteiger partial charge >= 0.3 is 0 Å². The smallest absolute Gasteiger partial charge is 0.250 e. The molecule has 3 atom stereocenters. The molecule has 2 saturated heterocycles. The van der Waals surface area contributed by atoms with Gasteiger partial charge in [-0.05, 0) is 74.4 Å². The fraction of sp³-hybridized carbons (Fsp3) is 0.750. The molecule has 0 radical (unpaired) electrons. The standard InChI is InChI=1S/C24H34F3N3O2S.ClH/c1-2-24(19-14-17(4-7-22(19)25)28-33(31,32)18-5-6-18)20-15-30(16-21(20)24)11-3-10-29-12-8-23(26,27)9-13-29;/h4,7,14,18,20-21,28H,2-3,5-6,8-13,15-16H2,1H3;1H/t20-,21+,24+;. The summed E-state index contributed by atoms with van der Waals surface area (Å²) < 4.78 is 68.9. The normalized spacial score (nSPS) is 31.1. The lowest BCUT2D eigenvalue weighted by molar-refractivity contribution is -0.0553. The molecule has 0 aromatic heterocycles. The van der Waals surface area contributed by atoms with Crippen LogP contribution in [0.1, 0.15) is 51.0 Å². The van der Waals surface area contributed by atoms with Crippen molar-refractivity contribution in [2.75, 3.05) is 44.0 Å². The average Bonchev–Trinajstić information content (AvgIpc) is 3.67. The largest absolute Gasteiger partial charge is 0.303 e. The number of sulfonamides is 1. The molecule has 2 aliphatic carbocycles. The van der Waals surface area contributed by atoms with Gasteiger partial charge in [-0.25, -0.2) is 21.6 Å². The topological polar surface area (TPSA) is 52.7 Å². The minimum atomic E-state index is -3.38. The van der Waals surface area contributed by atoms with Gasteiger partial charge < -0.3 is 9.80 Å². The molecule has 2 heterocycles. The summed E-state index contributed by atoms with van der Waals surface area (Å²) >= 11 is 0. The molecule has 2 saturated carbocycles. The van der Waals surface area contributed by atoms with Crippen molar-refractivity contribution in [1.29, 1.82) is 0 Å². The van der Waals surface area contributed by atoms with Gasteiger partial charge in [-0.2, -0.15) is 0 Å². The van der Waals surface area contributed by atoms with Crippen LogP contribution in [0.4, 0.5) is 18.9 Å². The molecule has 0 amide bonds. The summed E-state index contributed by atoms with van der Waals surface area (Å²) in [6.45, 7) is 6.63. The van der Waals surface area contributed by atoms with Gasteiger partial charge in [0.05, 0.1) is 5.25 Å². The van der Waals surface area contributed by atoms with E-state index in [1.165, 1.54) is 12.1 Å². The number of benzene rings is 1. The highest BCUT2D eigenvalue weighted by Crippen LogP contribution is 2.66. The number of piperidine rings is 2. The third-order valence-corrected chi connectivity index (χ3v) is 10.3. The second kappa shape index (κ2) is 9.45. The molecular weight excluding hydrogens is 487 g/mol. The van der Waals surface area contributed by atoms with E-state index in [4.69, 9.17) is 0 Å². The maximum atomic E-state index is 14.9. The second-order valence-corrected chi connectivity index (χ2v) is 12.4. The van der Waals surface area contributed by atoms with Gasteiger partial charge in [0, 0.05) is 50.1 Å². The van der Waals surface area contributed by atoms with Crippen molar-refractivity contribution in [1.82, 2.24) is 9.80 Å². The van der Waals surface area contributed by atoms with Crippen LogP contribution >= 0.6 is 12.4 Å². The zero-order chi connectivity index (χ0) is 23.4. The Bertz CT molecular complexity index is 983. The fourth-order valence-electron chi connectivity index (χ4n) is 6.31. The van der Waals surface area contributed by atoms with E-state index in [1.807, 2.05) is 0 Å². The molecular formula is C24H35ClF3N3O2S. The van der Waals surface area contributed by atoms with Gasteiger partial charge in [-0.1, -0.05) is 6.92 Å². The number of rotatable bonds is 9. The molecule has 4 fully saturated rings. The van der Waals surface area contributed by atoms with E-state index in [0.717, 1.165) is 39.0 Å². The van der Waals surface area contributed by atoms with Crippen molar-refractivity contribution in [3.63, 3.8) is 0 Å². The van der Waals surface area contributed by atoms with Crippen LogP contribution in [0.15, 0.2) is 18.2 Å². The summed E-state index contributed by atoms with van der Waals surface area (Å²) in [5, 5.41) is -0.318. The Morgan fingerprint density at radius 1 is 1.06 bits per heavy atom. The third kappa shape index (κ3) is 4.95. The van der Waals surface area contributed by atoms with Crippen molar-refractivity contribution in [2.45, 2.75) is 62.0 Å². The molecule has 4 aliphatic rings. The molecule has 0 bridgehead atoms. The molecule has 5 nitrogen and oxygen atoms in total. The Balaban J connectivity index is 0.00000274. The molecule has 1 N–H and O–H groups in total. The van der Waals surface area contributed by atoms with E-state index < -0.39 is 15.9 Å². The Morgan fingerprint density at radius 3 is 2.26 bits per heavy atom. The van der Waals surface area contributed by atoms with Crippen molar-refractivity contribution in [2.24, 2.45) is 11.8 Å². The summed E-state index contributed by atoms with van der Waals surface area (Å²) in [5.74, 6) is -2.00. The van der Waals surface area contributed by atoms with E-state index in [0.29, 0.717) is 49.0 Å². The summed E-state index contributed by atoms with van der Waals surface area (Å²) in [6, 6.07) is 4.63. The van der Waals surface area contributed by atoms with Crippen LogP contribution in [-0.2, 0) is 15.4 Å². The van der Waals surface area contributed by atoms with Crippen LogP contribution in [0.2, 0.25) is 0 Å². The van der Waals surface area contributed by atoms with Crippen molar-refractivity contribution < 1.29 is 21.6 Å². The number of hydrogen-bond acceptors (Lipinski definition) is 4. The van der Waals surface area contributed by atoms with Gasteiger partial charge in [0.15, 0.2) is 0 Å². The van der Waals surface area contributed by atoms with Crippen LogP contribution in [-0.4, -0.2) is 68.7 Å². The van der Waals surface area contributed by atoms with Crippen LogP contribution in [0.25, 0.3) is 0 Å². The predicted octanol–water partition coefficient (Wildman–Crippen LogP) is 4.48. The molecule has 10 heteroatoms. The second-order valence-electron chi connectivity index (χ2n) is 10.5. The van der Waals surface area contributed by atoms with E-state index in [1.54, 1.807) is 6.07 Å². The Labute approximate surface area is 206 Å². The van der Waals surface area contributed by atoms with E-state index >= 15 is 0 Å². The monoisotopic (exact) mass is 521 g/mol. The zero-order valence-corrected chi connectivity index (χ0v) is 21.2. The molecule has 5 rings (SSSR count). The van der Waals surface area contributed by atoms with Crippen molar-refractivity contribution in [3.05, 3.63) is 29.6 Å². The number of fused-ring (bicyclic) bond motifs is 1. The summed E-state index contributed by atoms with van der Waals surface area (Å²) in [4.78, 5) is 4.55. The number of hydrogen-bond donors (Lipinski definition) is 1. The summed E-state index contributed by atoms with van der Waals surface area (Å²) in [6.07, 6.45) is 3.08. The van der Waals surface area contributed by atoms with Crippen molar-refractivity contribution >= 4 is 28.1 Å². The average molecular weight is 522 g/mol. The summed E-state index contributed by atoms with van der Waals surface area (Å²) in [5.41, 5.74) is 0.880. The SMILES string of the molecule is CC[C@]1(c2cc(NS(=O)(=O)C3CC3)ccc2F)[C@@H]2CN(CCCN3CCC(F)(F)CC3)C[C@@H]21.Cl. The number of likely N-dealkylation sites (tertiary alicyclic amines) is 2. The van der Waals surface area contributed by atoms with Crippen molar-refractivity contribution in [3.8, 4) is 0 Å². The molecule has 0 spiro atoms. The van der Waals surface area contributed by atoms with Gasteiger partial charge in [0.25, 0.3) is 5.92 Å². The van der Waals surface area contributed by atoms with E-state index in [9.17, 15) is 21.6 Å². The number of anilines is 1. The van der Waals surface area contributed by atoms with E-state index in [-0.39, 0.29) is 41.7 Å². The molecule has 1 aromatic carbocycles. The Hall–Kier alpha value is -1.03. The minimum absolute atomic E-state index is 0. The molecule has 2 aliphatic heterocycles. The van der Waals surface area contributed by atoms with Crippen LogP contribution < -0.4 is 4.72 Å². The quantitative estimate of drug-likeness (QED) is 0.520. The summed E-state index contributed by atoms with van der Waals surface area (Å²) in [7, 11) is -3.38. The van der Waals surface area contributed by atoms with Crippen LogP contribution in [0.3, 0.4) is 0 Å². The Morgan fingerprint density at radius 2 is 1.68 bits per heavy atom. The van der Waals surface area contributed by atoms with Gasteiger partial charge in [0.1, 0.15) is 5.82 Å². The first-order valence-electron chi connectivity index (χ1n) is 12.3. The van der Waals surface area contributed by atoms with Crippen LogP contribution in [0, 0.1) is 17.7 Å². The predicted molar refractivity (Wildman–Crippen MR) is 130 cm³/mol. The first-order chi connectivity index (χ1) is 15.6. The lowest BCUT2D eigenvalue weighted by Crippen LogP contribution is -2.40. The molecule has 192 valence electrons. The molecule has 1 aromatic rings. The number of halogens is 4. The highest BCUT2D eigenvalue weighted by molar-refractivity contribution is 7.93. The fourth-order valence-corrected chi connectivity index (χ4v) is 7.68. The lowest BCUT2D eigenvalue weighted by Gasteiger charge is -2.32. The minimum Gasteiger partial charge on any atom is -0.303 e.